The highest BCUT2D eigenvalue weighted by molar-refractivity contribution is 9.10. The van der Waals surface area contributed by atoms with Crippen LogP contribution >= 0.6 is 15.9 Å². The number of rotatable bonds is 7. The molecule has 2 fully saturated rings. The van der Waals surface area contributed by atoms with Crippen molar-refractivity contribution in [3.63, 3.8) is 0 Å². The first-order chi connectivity index (χ1) is 16.9. The number of ether oxygens (including phenoxy) is 2. The van der Waals surface area contributed by atoms with Gasteiger partial charge >= 0.3 is 0 Å². The summed E-state index contributed by atoms with van der Waals surface area (Å²) in [6.07, 6.45) is 6.42. The van der Waals surface area contributed by atoms with Crippen molar-refractivity contribution in [1.82, 2.24) is 5.01 Å². The molecule has 5 rings (SSSR count). The van der Waals surface area contributed by atoms with Crippen molar-refractivity contribution in [2.45, 2.75) is 13.3 Å². The number of methoxy groups -OCH3 is 1. The van der Waals surface area contributed by atoms with Crippen molar-refractivity contribution in [3.05, 3.63) is 64.1 Å². The van der Waals surface area contributed by atoms with Gasteiger partial charge in [-0.25, -0.2) is 0 Å². The normalized spacial score (nSPS) is 24.4. The lowest BCUT2D eigenvalue weighted by atomic mass is 9.85. The summed E-state index contributed by atoms with van der Waals surface area (Å²) >= 11 is 3.45. The molecule has 0 spiro atoms. The first kappa shape index (κ1) is 23.3. The molecule has 2 aromatic carbocycles. The first-order valence-electron chi connectivity index (χ1n) is 11.3. The lowest BCUT2D eigenvalue weighted by molar-refractivity contribution is -0.140. The SMILES string of the molecule is COc1cc(C=NN2C(=O)[C@@H]3[C@H](C2=O)[C@H]2C=C[C@H]3C2)cc(Br)c1OCC(=O)Nc1ccc(C)cc1. The lowest BCUT2D eigenvalue weighted by Crippen LogP contribution is -2.28. The third-order valence-electron chi connectivity index (χ3n) is 6.70. The molecule has 1 N–H and O–H groups in total. The maximum absolute atomic E-state index is 12.8. The van der Waals surface area contributed by atoms with Gasteiger partial charge in [0.25, 0.3) is 17.7 Å². The van der Waals surface area contributed by atoms with E-state index in [0.29, 0.717) is 27.2 Å². The third-order valence-corrected chi connectivity index (χ3v) is 7.29. The van der Waals surface area contributed by atoms with Crippen molar-refractivity contribution in [3.8, 4) is 11.5 Å². The highest BCUT2D eigenvalue weighted by atomic mass is 79.9. The number of hydrogen-bond donors (Lipinski definition) is 1. The topological polar surface area (TPSA) is 97.3 Å². The summed E-state index contributed by atoms with van der Waals surface area (Å²) in [5.74, 6) is -0.371. The second-order valence-electron chi connectivity index (χ2n) is 8.97. The van der Waals surface area contributed by atoms with Crippen molar-refractivity contribution in [2.75, 3.05) is 19.0 Å². The van der Waals surface area contributed by atoms with Gasteiger partial charge in [0.15, 0.2) is 18.1 Å². The number of hydrogen-bond acceptors (Lipinski definition) is 6. The van der Waals surface area contributed by atoms with Gasteiger partial charge in [0, 0.05) is 5.69 Å². The van der Waals surface area contributed by atoms with E-state index < -0.39 is 0 Å². The van der Waals surface area contributed by atoms with Crippen LogP contribution in [-0.2, 0) is 14.4 Å². The molecule has 2 bridgehead atoms. The molecule has 1 saturated heterocycles. The molecule has 1 aliphatic heterocycles. The van der Waals surface area contributed by atoms with Crippen LogP contribution in [0.1, 0.15) is 17.5 Å². The molecule has 0 unspecified atom stereocenters. The number of nitrogens with one attached hydrogen (secondary N) is 1. The molecule has 180 valence electrons. The number of carbonyl (C=O) groups is 3. The zero-order valence-corrected chi connectivity index (χ0v) is 20.8. The Hall–Kier alpha value is -3.46. The molecular weight excluding hydrogens is 514 g/mol. The molecule has 3 amide bonds. The number of benzene rings is 2. The van der Waals surface area contributed by atoms with E-state index in [0.717, 1.165) is 17.0 Å². The van der Waals surface area contributed by atoms with E-state index in [1.165, 1.54) is 13.3 Å². The number of nitrogens with zero attached hydrogens (tertiary/aromatic N) is 2. The Kier molecular flexibility index (Phi) is 6.19. The molecule has 3 aliphatic rings. The Balaban J connectivity index is 1.26. The maximum Gasteiger partial charge on any atom is 0.262 e. The van der Waals surface area contributed by atoms with Crippen molar-refractivity contribution in [1.29, 1.82) is 0 Å². The van der Waals surface area contributed by atoms with Crippen LogP contribution in [0.3, 0.4) is 0 Å². The molecule has 8 nitrogen and oxygen atoms in total. The highest BCUT2D eigenvalue weighted by Gasteiger charge is 2.59. The fourth-order valence-electron chi connectivity index (χ4n) is 5.05. The average molecular weight is 538 g/mol. The van der Waals surface area contributed by atoms with Crippen LogP contribution in [-0.4, -0.2) is 42.7 Å². The Morgan fingerprint density at radius 1 is 1.14 bits per heavy atom. The van der Waals surface area contributed by atoms with Crippen molar-refractivity contribution >= 4 is 45.6 Å². The van der Waals surface area contributed by atoms with Gasteiger partial charge in [0.05, 0.1) is 29.6 Å². The summed E-state index contributed by atoms with van der Waals surface area (Å²) in [7, 11) is 1.49. The standard InChI is InChI=1S/C26H24BrN3O5/c1-14-3-7-18(8-4-14)29-21(31)13-35-24-19(27)9-15(10-20(24)34-2)12-28-30-25(32)22-16-5-6-17(11-16)23(22)26(30)33/h3-10,12,16-17,22-23H,11,13H2,1-2H3,(H,29,31)/t16-,17-,22-,23+/m0/s1. The van der Waals surface area contributed by atoms with Gasteiger partial charge in [0.2, 0.25) is 0 Å². The van der Waals surface area contributed by atoms with Gasteiger partial charge in [-0.05, 0) is 70.9 Å². The van der Waals surface area contributed by atoms with Crippen LogP contribution in [0.15, 0.2) is 58.1 Å². The van der Waals surface area contributed by atoms with Gasteiger partial charge < -0.3 is 14.8 Å². The van der Waals surface area contributed by atoms with E-state index in [-0.39, 0.29) is 48.0 Å². The fraction of sp³-hybridized carbons (Fsp3) is 0.308. The van der Waals surface area contributed by atoms with Gasteiger partial charge in [0.1, 0.15) is 0 Å². The van der Waals surface area contributed by atoms with E-state index in [1.807, 2.05) is 43.3 Å². The van der Waals surface area contributed by atoms with Crippen molar-refractivity contribution < 1.29 is 23.9 Å². The second-order valence-corrected chi connectivity index (χ2v) is 9.82. The number of carbonyl (C=O) groups excluding carboxylic acids is 3. The summed E-state index contributed by atoms with van der Waals surface area (Å²) in [5, 5.41) is 7.99. The number of aryl methyl sites for hydroxylation is 1. The average Bonchev–Trinajstić information content (AvgIpc) is 3.52. The van der Waals surface area contributed by atoms with E-state index >= 15 is 0 Å². The van der Waals surface area contributed by atoms with Gasteiger partial charge in [-0.15, -0.1) is 0 Å². The molecule has 35 heavy (non-hydrogen) atoms. The van der Waals surface area contributed by atoms with Crippen LogP contribution in [0, 0.1) is 30.6 Å². The summed E-state index contributed by atoms with van der Waals surface area (Å²) in [6.45, 7) is 1.76. The molecule has 4 atom stereocenters. The molecule has 9 heteroatoms. The second kappa shape index (κ2) is 9.30. The molecule has 1 saturated carbocycles. The molecule has 0 radical (unpaired) electrons. The monoisotopic (exact) mass is 537 g/mol. The number of fused-ring (bicyclic) bond motifs is 5. The third kappa shape index (κ3) is 4.36. The number of amides is 3. The number of anilines is 1. The minimum absolute atomic E-state index is 0.135. The van der Waals surface area contributed by atoms with Crippen LogP contribution < -0.4 is 14.8 Å². The smallest absolute Gasteiger partial charge is 0.262 e. The zero-order chi connectivity index (χ0) is 24.7. The summed E-state index contributed by atoms with van der Waals surface area (Å²) in [4.78, 5) is 37.9. The van der Waals surface area contributed by atoms with E-state index in [9.17, 15) is 14.4 Å². The van der Waals surface area contributed by atoms with Crippen LogP contribution in [0.5, 0.6) is 11.5 Å². The van der Waals surface area contributed by atoms with Crippen LogP contribution in [0.25, 0.3) is 0 Å². The highest BCUT2D eigenvalue weighted by Crippen LogP contribution is 2.52. The molecular formula is C26H24BrN3O5. The largest absolute Gasteiger partial charge is 0.493 e. The molecule has 0 aromatic heterocycles. The predicted octanol–water partition coefficient (Wildman–Crippen LogP) is 3.92. The van der Waals surface area contributed by atoms with E-state index in [2.05, 4.69) is 26.3 Å². The summed E-state index contributed by atoms with van der Waals surface area (Å²) in [5.41, 5.74) is 2.38. The van der Waals surface area contributed by atoms with Crippen LogP contribution in [0.4, 0.5) is 5.69 Å². The maximum atomic E-state index is 12.8. The summed E-state index contributed by atoms with van der Waals surface area (Å²) < 4.78 is 11.7. The van der Waals surface area contributed by atoms with E-state index in [4.69, 9.17) is 9.47 Å². The van der Waals surface area contributed by atoms with Gasteiger partial charge in [-0.3, -0.25) is 14.4 Å². The Morgan fingerprint density at radius 2 is 1.80 bits per heavy atom. The van der Waals surface area contributed by atoms with Crippen molar-refractivity contribution in [2.24, 2.45) is 28.8 Å². The minimum atomic E-state index is -0.312. The predicted molar refractivity (Wildman–Crippen MR) is 133 cm³/mol. The quantitative estimate of drug-likeness (QED) is 0.328. The number of hydrazone groups is 1. The minimum Gasteiger partial charge on any atom is -0.493 e. The number of halogens is 1. The van der Waals surface area contributed by atoms with Gasteiger partial charge in [-0.1, -0.05) is 29.8 Å². The van der Waals surface area contributed by atoms with Gasteiger partial charge in [-0.2, -0.15) is 10.1 Å². The Morgan fingerprint density at radius 3 is 2.43 bits per heavy atom. The number of allylic oxidation sites excluding steroid dienone is 2. The molecule has 1 heterocycles. The fourth-order valence-corrected chi connectivity index (χ4v) is 5.63. The Labute approximate surface area is 211 Å². The molecule has 2 aliphatic carbocycles. The lowest BCUT2D eigenvalue weighted by Gasteiger charge is -2.14. The Bertz CT molecular complexity index is 1230. The summed E-state index contributed by atoms with van der Waals surface area (Å²) in [6, 6.07) is 10.8. The zero-order valence-electron chi connectivity index (χ0n) is 19.2. The van der Waals surface area contributed by atoms with E-state index in [1.54, 1.807) is 12.1 Å². The van der Waals surface area contributed by atoms with Crippen LogP contribution in [0.2, 0.25) is 0 Å². The first-order valence-corrected chi connectivity index (χ1v) is 12.1. The number of imide groups is 1. The molecule has 2 aromatic rings.